The molecule has 0 spiro atoms. The first-order valence-electron chi connectivity index (χ1n) is 9.41. The Bertz CT molecular complexity index is 863. The maximum absolute atomic E-state index is 11.7. The number of hydrogen-bond acceptors (Lipinski definition) is 6. The van der Waals surface area contributed by atoms with Gasteiger partial charge >= 0.3 is 0 Å². The van der Waals surface area contributed by atoms with Crippen molar-refractivity contribution in [2.45, 2.75) is 49.7 Å². The zero-order chi connectivity index (χ0) is 19.3. The Morgan fingerprint density at radius 2 is 1.93 bits per heavy atom. The van der Waals surface area contributed by atoms with Gasteiger partial charge in [0.25, 0.3) is 0 Å². The highest BCUT2D eigenvalue weighted by molar-refractivity contribution is 7.99. The van der Waals surface area contributed by atoms with Gasteiger partial charge in [0.2, 0.25) is 10.0 Å². The van der Waals surface area contributed by atoms with Gasteiger partial charge < -0.3 is 5.32 Å². The molecule has 8 heteroatoms. The molecule has 5 nitrogen and oxygen atoms in total. The lowest BCUT2D eigenvalue weighted by molar-refractivity contribution is 0.566. The van der Waals surface area contributed by atoms with E-state index in [2.05, 4.69) is 34.3 Å². The molecule has 3 rings (SSSR count). The predicted octanol–water partition coefficient (Wildman–Crippen LogP) is 4.37. The van der Waals surface area contributed by atoms with Crippen molar-refractivity contribution in [3.8, 4) is 11.3 Å². The van der Waals surface area contributed by atoms with E-state index in [0.717, 1.165) is 48.8 Å². The molecule has 27 heavy (non-hydrogen) atoms. The molecule has 0 amide bonds. The van der Waals surface area contributed by atoms with Gasteiger partial charge in [-0.05, 0) is 39.2 Å². The number of unbranched alkanes of at least 4 members (excludes halogenated alkanes) is 2. The summed E-state index contributed by atoms with van der Waals surface area (Å²) in [6.07, 6.45) is 3.90. The van der Waals surface area contributed by atoms with Gasteiger partial charge in [-0.3, -0.25) is 0 Å². The SMILES string of the molecule is CC(C)S(=O)(=O)NCCCCCNc1nc2c(s1)CCSc1ccccc1-2. The first-order valence-corrected chi connectivity index (χ1v) is 12.8. The van der Waals surface area contributed by atoms with E-state index in [1.165, 1.54) is 15.3 Å². The van der Waals surface area contributed by atoms with Crippen molar-refractivity contribution in [3.63, 3.8) is 0 Å². The molecule has 2 aromatic rings. The smallest absolute Gasteiger partial charge is 0.213 e. The standard InChI is InChI=1S/C19H27N3O2S3/c1-14(2)27(23,24)21-12-7-3-6-11-20-19-22-18-15-8-4-5-9-16(15)25-13-10-17(18)26-19/h4-5,8-9,14,21H,3,6-7,10-13H2,1-2H3,(H,20,22). The van der Waals surface area contributed by atoms with E-state index in [1.807, 2.05) is 11.8 Å². The molecule has 0 saturated carbocycles. The van der Waals surface area contributed by atoms with Crippen molar-refractivity contribution in [3.05, 3.63) is 29.1 Å². The van der Waals surface area contributed by atoms with Crippen LogP contribution in [0.5, 0.6) is 0 Å². The summed E-state index contributed by atoms with van der Waals surface area (Å²) in [4.78, 5) is 7.52. The van der Waals surface area contributed by atoms with Crippen LogP contribution in [-0.2, 0) is 16.4 Å². The van der Waals surface area contributed by atoms with Crippen molar-refractivity contribution < 1.29 is 8.42 Å². The summed E-state index contributed by atoms with van der Waals surface area (Å²) in [6, 6.07) is 8.50. The number of sulfonamides is 1. The van der Waals surface area contributed by atoms with Gasteiger partial charge in [0, 0.05) is 34.2 Å². The number of hydrogen-bond donors (Lipinski definition) is 2. The number of nitrogens with one attached hydrogen (secondary N) is 2. The van der Waals surface area contributed by atoms with Crippen LogP contribution >= 0.6 is 23.1 Å². The Morgan fingerprint density at radius 3 is 2.74 bits per heavy atom. The number of rotatable bonds is 9. The Kier molecular flexibility index (Phi) is 7.19. The summed E-state index contributed by atoms with van der Waals surface area (Å²) in [5.74, 6) is 1.10. The van der Waals surface area contributed by atoms with Crippen LogP contribution in [0.3, 0.4) is 0 Å². The lowest BCUT2D eigenvalue weighted by Crippen LogP contribution is -2.31. The highest BCUT2D eigenvalue weighted by Crippen LogP contribution is 2.40. The first kappa shape index (κ1) is 20.6. The summed E-state index contributed by atoms with van der Waals surface area (Å²) >= 11 is 3.67. The highest BCUT2D eigenvalue weighted by atomic mass is 32.2. The third kappa shape index (κ3) is 5.47. The molecule has 1 aliphatic heterocycles. The molecule has 0 radical (unpaired) electrons. The van der Waals surface area contributed by atoms with Gasteiger partial charge in [-0.15, -0.1) is 23.1 Å². The van der Waals surface area contributed by atoms with Crippen molar-refractivity contribution in [2.24, 2.45) is 0 Å². The normalized spacial score (nSPS) is 13.9. The molecule has 2 N–H and O–H groups in total. The zero-order valence-electron chi connectivity index (χ0n) is 15.8. The predicted molar refractivity (Wildman–Crippen MR) is 116 cm³/mol. The third-order valence-corrected chi connectivity index (χ3v) is 8.48. The molecule has 1 aromatic carbocycles. The molecule has 0 saturated heterocycles. The number of thiazole rings is 1. The molecular weight excluding hydrogens is 398 g/mol. The Hall–Kier alpha value is -1.09. The second kappa shape index (κ2) is 9.41. The average Bonchev–Trinajstić information content (AvgIpc) is 2.96. The summed E-state index contributed by atoms with van der Waals surface area (Å²) < 4.78 is 26.0. The maximum Gasteiger partial charge on any atom is 0.213 e. The van der Waals surface area contributed by atoms with Crippen LogP contribution in [0.2, 0.25) is 0 Å². The molecule has 0 unspecified atom stereocenters. The lowest BCUT2D eigenvalue weighted by Gasteiger charge is -2.09. The third-order valence-electron chi connectivity index (χ3n) is 4.48. The van der Waals surface area contributed by atoms with E-state index >= 15 is 0 Å². The summed E-state index contributed by atoms with van der Waals surface area (Å²) in [7, 11) is -3.14. The number of thioether (sulfide) groups is 1. The van der Waals surface area contributed by atoms with E-state index in [1.54, 1.807) is 25.2 Å². The Balaban J connectivity index is 1.45. The maximum atomic E-state index is 11.7. The monoisotopic (exact) mass is 425 g/mol. The number of aromatic nitrogens is 1. The Labute approximate surface area is 170 Å². The van der Waals surface area contributed by atoms with Gasteiger partial charge in [-0.25, -0.2) is 18.1 Å². The van der Waals surface area contributed by atoms with Crippen LogP contribution in [0.15, 0.2) is 29.2 Å². The second-order valence-electron chi connectivity index (χ2n) is 6.86. The van der Waals surface area contributed by atoms with Gasteiger partial charge in [0.15, 0.2) is 5.13 Å². The second-order valence-corrected chi connectivity index (χ2v) is 11.4. The van der Waals surface area contributed by atoms with E-state index in [0.29, 0.717) is 6.54 Å². The number of nitrogens with zero attached hydrogens (tertiary/aromatic N) is 1. The molecule has 148 valence electrons. The average molecular weight is 426 g/mol. The summed E-state index contributed by atoms with van der Waals surface area (Å²) in [5.41, 5.74) is 2.38. The van der Waals surface area contributed by atoms with Crippen molar-refractivity contribution in [1.29, 1.82) is 0 Å². The Morgan fingerprint density at radius 1 is 1.15 bits per heavy atom. The molecule has 0 aliphatic carbocycles. The fourth-order valence-electron chi connectivity index (χ4n) is 2.85. The van der Waals surface area contributed by atoms with E-state index in [9.17, 15) is 8.42 Å². The van der Waals surface area contributed by atoms with Crippen LogP contribution < -0.4 is 10.0 Å². The van der Waals surface area contributed by atoms with Gasteiger partial charge in [-0.2, -0.15) is 0 Å². The van der Waals surface area contributed by atoms with Gasteiger partial charge in [0.1, 0.15) is 0 Å². The van der Waals surface area contributed by atoms with Gasteiger partial charge in [-0.1, -0.05) is 24.6 Å². The van der Waals surface area contributed by atoms with Crippen LogP contribution in [0, 0.1) is 0 Å². The van der Waals surface area contributed by atoms with E-state index < -0.39 is 10.0 Å². The number of anilines is 1. The van der Waals surface area contributed by atoms with Crippen molar-refractivity contribution in [1.82, 2.24) is 9.71 Å². The van der Waals surface area contributed by atoms with E-state index in [-0.39, 0.29) is 5.25 Å². The summed E-state index contributed by atoms with van der Waals surface area (Å²) in [5, 5.41) is 4.06. The van der Waals surface area contributed by atoms with Crippen molar-refractivity contribution in [2.75, 3.05) is 24.2 Å². The minimum atomic E-state index is -3.14. The van der Waals surface area contributed by atoms with E-state index in [4.69, 9.17) is 4.98 Å². The minimum absolute atomic E-state index is 0.372. The number of aryl methyl sites for hydroxylation is 1. The fraction of sp³-hybridized carbons (Fsp3) is 0.526. The van der Waals surface area contributed by atoms with Crippen LogP contribution in [0.4, 0.5) is 5.13 Å². The van der Waals surface area contributed by atoms with Gasteiger partial charge in [0.05, 0.1) is 10.9 Å². The molecule has 0 fully saturated rings. The number of benzene rings is 1. The largest absolute Gasteiger partial charge is 0.361 e. The van der Waals surface area contributed by atoms with Crippen LogP contribution in [0.25, 0.3) is 11.3 Å². The first-order chi connectivity index (χ1) is 13.0. The number of fused-ring (bicyclic) bond motifs is 3. The lowest BCUT2D eigenvalue weighted by atomic mass is 10.1. The van der Waals surface area contributed by atoms with Crippen LogP contribution in [0.1, 0.15) is 38.0 Å². The molecule has 0 atom stereocenters. The molecule has 0 bridgehead atoms. The highest BCUT2D eigenvalue weighted by Gasteiger charge is 2.19. The zero-order valence-corrected chi connectivity index (χ0v) is 18.3. The van der Waals surface area contributed by atoms with Crippen LogP contribution in [-0.4, -0.2) is 37.5 Å². The quantitative estimate of drug-likeness (QED) is 0.584. The fourth-order valence-corrected chi connectivity index (χ4v) is 5.77. The summed E-state index contributed by atoms with van der Waals surface area (Å²) in [6.45, 7) is 4.76. The topological polar surface area (TPSA) is 71.1 Å². The van der Waals surface area contributed by atoms with Crippen molar-refractivity contribution >= 4 is 38.3 Å². The molecule has 1 aliphatic rings. The molecule has 2 heterocycles. The minimum Gasteiger partial charge on any atom is -0.361 e. The molecule has 1 aromatic heterocycles. The molecular formula is C19H27N3O2S3.